The van der Waals surface area contributed by atoms with Crippen molar-refractivity contribution in [3.05, 3.63) is 21.9 Å². The van der Waals surface area contributed by atoms with Crippen molar-refractivity contribution in [3.63, 3.8) is 0 Å². The van der Waals surface area contributed by atoms with Crippen LogP contribution in [0.5, 0.6) is 0 Å². The van der Waals surface area contributed by atoms with E-state index < -0.39 is 0 Å². The molecule has 0 saturated carbocycles. The lowest BCUT2D eigenvalue weighted by Crippen LogP contribution is -2.34. The summed E-state index contributed by atoms with van der Waals surface area (Å²) < 4.78 is 0. The summed E-state index contributed by atoms with van der Waals surface area (Å²) >= 11 is 1.80. The molecule has 0 aliphatic carbocycles. The normalized spacial score (nSPS) is 17.5. The van der Waals surface area contributed by atoms with Gasteiger partial charge in [-0.3, -0.25) is 4.90 Å². The summed E-state index contributed by atoms with van der Waals surface area (Å²) in [5.74, 6) is 7.78. The molecule has 1 fully saturated rings. The van der Waals surface area contributed by atoms with Gasteiger partial charge < -0.3 is 5.73 Å². The quantitative estimate of drug-likeness (QED) is 0.860. The first-order chi connectivity index (χ1) is 9.19. The zero-order valence-electron chi connectivity index (χ0n) is 12.0. The Kier molecular flexibility index (Phi) is 5.45. The molecule has 0 spiro atoms. The Hall–Kier alpha value is -0.820. The average molecular weight is 276 g/mol. The molecule has 1 aliphatic rings. The smallest absolute Gasteiger partial charge is 0.0772 e. The monoisotopic (exact) mass is 276 g/mol. The maximum absolute atomic E-state index is 5.39. The summed E-state index contributed by atoms with van der Waals surface area (Å²) in [5, 5.41) is 0. The molecule has 2 rings (SSSR count). The molecule has 0 aromatic carbocycles. The fraction of sp³-hybridized carbons (Fsp3) is 0.625. The van der Waals surface area contributed by atoms with E-state index in [-0.39, 0.29) is 0 Å². The number of piperidine rings is 1. The first-order valence-electron chi connectivity index (χ1n) is 7.19. The molecule has 1 aliphatic heterocycles. The van der Waals surface area contributed by atoms with E-state index in [4.69, 9.17) is 5.73 Å². The van der Waals surface area contributed by atoms with Gasteiger partial charge in [-0.2, -0.15) is 0 Å². The molecular weight excluding hydrogens is 252 g/mol. The number of rotatable bonds is 3. The van der Waals surface area contributed by atoms with Crippen molar-refractivity contribution in [1.29, 1.82) is 0 Å². The molecule has 0 bridgehead atoms. The van der Waals surface area contributed by atoms with Gasteiger partial charge in [0.15, 0.2) is 0 Å². The molecule has 1 aromatic rings. The van der Waals surface area contributed by atoms with E-state index in [1.165, 1.54) is 30.8 Å². The lowest BCUT2D eigenvalue weighted by molar-refractivity contribution is 0.153. The van der Waals surface area contributed by atoms with Crippen molar-refractivity contribution in [2.24, 2.45) is 17.6 Å². The molecule has 0 radical (unpaired) electrons. The highest BCUT2D eigenvalue weighted by Gasteiger charge is 2.21. The van der Waals surface area contributed by atoms with Crippen molar-refractivity contribution in [2.75, 3.05) is 19.6 Å². The van der Waals surface area contributed by atoms with Gasteiger partial charge in [-0.05, 0) is 49.9 Å². The minimum absolute atomic E-state index is 0.440. The lowest BCUT2D eigenvalue weighted by atomic mass is 9.87. The van der Waals surface area contributed by atoms with Gasteiger partial charge in [0.25, 0.3) is 0 Å². The predicted molar refractivity (Wildman–Crippen MR) is 83.1 cm³/mol. The number of hydrogen-bond donors (Lipinski definition) is 1. The van der Waals surface area contributed by atoms with E-state index in [0.29, 0.717) is 6.54 Å². The number of nitrogens with zero attached hydrogens (tertiary/aromatic N) is 1. The van der Waals surface area contributed by atoms with E-state index in [9.17, 15) is 0 Å². The third-order valence-corrected chi connectivity index (χ3v) is 4.92. The molecule has 104 valence electrons. The molecule has 3 heteroatoms. The maximum atomic E-state index is 5.39. The van der Waals surface area contributed by atoms with Gasteiger partial charge in [-0.25, -0.2) is 0 Å². The van der Waals surface area contributed by atoms with E-state index >= 15 is 0 Å². The van der Waals surface area contributed by atoms with Gasteiger partial charge in [0, 0.05) is 11.4 Å². The SMILES string of the molecule is CC(C)C1CCN(Cc2ccc(C#CCN)s2)CC1. The highest BCUT2D eigenvalue weighted by molar-refractivity contribution is 7.12. The first kappa shape index (κ1) is 14.6. The Morgan fingerprint density at radius 2 is 2.11 bits per heavy atom. The van der Waals surface area contributed by atoms with Crippen LogP contribution in [0, 0.1) is 23.7 Å². The van der Waals surface area contributed by atoms with Crippen molar-refractivity contribution in [1.82, 2.24) is 4.90 Å². The summed E-state index contributed by atoms with van der Waals surface area (Å²) in [6.45, 7) is 8.70. The Bertz CT molecular complexity index is 445. The standard InChI is InChI=1S/C16H24N2S/c1-13(2)14-7-10-18(11-8-14)12-16-6-5-15(19-16)4-3-9-17/h5-6,13-14H,7-12,17H2,1-2H3. The highest BCUT2D eigenvalue weighted by atomic mass is 32.1. The number of likely N-dealkylation sites (tertiary alicyclic amines) is 1. The molecule has 0 unspecified atom stereocenters. The summed E-state index contributed by atoms with van der Waals surface area (Å²) in [6.07, 6.45) is 2.70. The largest absolute Gasteiger partial charge is 0.320 e. The first-order valence-corrected chi connectivity index (χ1v) is 8.00. The van der Waals surface area contributed by atoms with Crippen LogP contribution in [0.1, 0.15) is 36.4 Å². The van der Waals surface area contributed by atoms with Gasteiger partial charge in [-0.1, -0.05) is 25.7 Å². The van der Waals surface area contributed by atoms with Crippen LogP contribution in [0.25, 0.3) is 0 Å². The van der Waals surface area contributed by atoms with Gasteiger partial charge in [-0.15, -0.1) is 11.3 Å². The lowest BCUT2D eigenvalue weighted by Gasteiger charge is -2.33. The van der Waals surface area contributed by atoms with E-state index in [0.717, 1.165) is 23.3 Å². The fourth-order valence-corrected chi connectivity index (χ4v) is 3.59. The van der Waals surface area contributed by atoms with Gasteiger partial charge in [0.2, 0.25) is 0 Å². The summed E-state index contributed by atoms with van der Waals surface area (Å²) in [4.78, 5) is 5.13. The van der Waals surface area contributed by atoms with Crippen LogP contribution >= 0.6 is 11.3 Å². The van der Waals surface area contributed by atoms with Gasteiger partial charge in [0.1, 0.15) is 0 Å². The topological polar surface area (TPSA) is 29.3 Å². The molecule has 19 heavy (non-hydrogen) atoms. The van der Waals surface area contributed by atoms with Crippen LogP contribution in [0.15, 0.2) is 12.1 Å². The molecule has 0 amide bonds. The summed E-state index contributed by atoms with van der Waals surface area (Å²) in [6, 6.07) is 4.32. The Morgan fingerprint density at radius 3 is 2.74 bits per heavy atom. The zero-order chi connectivity index (χ0) is 13.7. The minimum atomic E-state index is 0.440. The Balaban J connectivity index is 1.84. The zero-order valence-corrected chi connectivity index (χ0v) is 12.8. The molecule has 0 atom stereocenters. The van der Waals surface area contributed by atoms with Crippen LogP contribution in [0.2, 0.25) is 0 Å². The fourth-order valence-electron chi connectivity index (χ4n) is 2.67. The van der Waals surface area contributed by atoms with Gasteiger partial charge >= 0.3 is 0 Å². The Morgan fingerprint density at radius 1 is 1.37 bits per heavy atom. The average Bonchev–Trinajstić information content (AvgIpc) is 2.84. The van der Waals surface area contributed by atoms with E-state index in [1.807, 2.05) is 0 Å². The van der Waals surface area contributed by atoms with Crippen LogP contribution < -0.4 is 5.73 Å². The van der Waals surface area contributed by atoms with Crippen LogP contribution in [0.4, 0.5) is 0 Å². The number of thiophene rings is 1. The number of nitrogens with two attached hydrogens (primary N) is 1. The maximum Gasteiger partial charge on any atom is 0.0772 e. The molecule has 1 saturated heterocycles. The molecule has 2 heterocycles. The second-order valence-electron chi connectivity index (χ2n) is 5.63. The third kappa shape index (κ3) is 4.35. The molecule has 2 N–H and O–H groups in total. The second-order valence-corrected chi connectivity index (χ2v) is 6.80. The Labute approximate surface area is 121 Å². The highest BCUT2D eigenvalue weighted by Crippen LogP contribution is 2.26. The van der Waals surface area contributed by atoms with Crippen molar-refractivity contribution >= 4 is 11.3 Å². The van der Waals surface area contributed by atoms with E-state index in [2.05, 4.69) is 42.7 Å². The second kappa shape index (κ2) is 7.09. The molecular formula is C16H24N2S. The minimum Gasteiger partial charge on any atom is -0.320 e. The van der Waals surface area contributed by atoms with Crippen molar-refractivity contribution in [2.45, 2.75) is 33.2 Å². The molecule has 2 nitrogen and oxygen atoms in total. The third-order valence-electron chi connectivity index (χ3n) is 3.93. The van der Waals surface area contributed by atoms with Crippen LogP contribution in [0.3, 0.4) is 0 Å². The predicted octanol–water partition coefficient (Wildman–Crippen LogP) is 2.93. The number of hydrogen-bond acceptors (Lipinski definition) is 3. The summed E-state index contributed by atoms with van der Waals surface area (Å²) in [5.41, 5.74) is 5.39. The van der Waals surface area contributed by atoms with Crippen molar-refractivity contribution < 1.29 is 0 Å². The molecule has 1 aromatic heterocycles. The van der Waals surface area contributed by atoms with E-state index in [1.54, 1.807) is 11.3 Å². The van der Waals surface area contributed by atoms with Crippen LogP contribution in [-0.4, -0.2) is 24.5 Å². The van der Waals surface area contributed by atoms with Crippen LogP contribution in [-0.2, 0) is 6.54 Å². The van der Waals surface area contributed by atoms with Gasteiger partial charge in [0.05, 0.1) is 11.4 Å². The van der Waals surface area contributed by atoms with Crippen molar-refractivity contribution in [3.8, 4) is 11.8 Å². The summed E-state index contributed by atoms with van der Waals surface area (Å²) in [7, 11) is 0.